The fraction of sp³-hybridized carbons (Fsp3) is 1.00. The number of hydrogen-bond acceptors (Lipinski definition) is 2. The zero-order valence-electron chi connectivity index (χ0n) is 7.31. The Morgan fingerprint density at radius 2 is 2.00 bits per heavy atom. The highest BCUT2D eigenvalue weighted by atomic mass is 16.2. The van der Waals surface area contributed by atoms with E-state index in [2.05, 4.69) is 5.14 Å². The van der Waals surface area contributed by atoms with Gasteiger partial charge in [0, 0.05) is 0 Å². The number of rotatable bonds is 3. The van der Waals surface area contributed by atoms with Crippen LogP contribution in [0.3, 0.4) is 0 Å². The normalized spacial score (nSPS) is 11.3. The lowest BCUT2D eigenvalue weighted by molar-refractivity contribution is 0.503. The van der Waals surface area contributed by atoms with E-state index < -0.39 is 7.05 Å². The molecule has 0 aromatic heterocycles. The lowest BCUT2D eigenvalue weighted by Crippen LogP contribution is -2.43. The molecule has 0 amide bonds. The van der Waals surface area contributed by atoms with Crippen LogP contribution < -0.4 is 5.14 Å². The summed E-state index contributed by atoms with van der Waals surface area (Å²) in [6.07, 6.45) is 0.938. The van der Waals surface area contributed by atoms with Gasteiger partial charge >= 0.3 is 7.05 Å². The summed E-state index contributed by atoms with van der Waals surface area (Å²) < 4.78 is 0. The molecule has 0 aliphatic carbocycles. The van der Waals surface area contributed by atoms with Crippen LogP contribution in [0.25, 0.3) is 0 Å². The molecule has 0 aromatic rings. The Morgan fingerprint density at radius 1 is 1.50 bits per heavy atom. The van der Waals surface area contributed by atoms with Gasteiger partial charge in [-0.15, -0.1) is 0 Å². The molecule has 0 aromatic carbocycles. The van der Waals surface area contributed by atoms with E-state index >= 15 is 0 Å². The molecule has 0 atom stereocenters. The third kappa shape index (κ3) is 3.96. The zero-order chi connectivity index (χ0) is 8.20. The quantitative estimate of drug-likeness (QED) is 0.571. The second-order valence-corrected chi connectivity index (χ2v) is 3.55. The minimum absolute atomic E-state index is 0.0777. The van der Waals surface area contributed by atoms with E-state index in [0.29, 0.717) is 0 Å². The highest BCUT2D eigenvalue weighted by molar-refractivity contribution is 6.61. The molecular weight excluding hydrogens is 124 g/mol. The molecule has 0 bridgehead atoms. The summed E-state index contributed by atoms with van der Waals surface area (Å²) in [7, 11) is 1.43. The molecular formula is C6H16B2NO. The second kappa shape index (κ2) is 4.04. The highest BCUT2D eigenvalue weighted by Gasteiger charge is 2.26. The van der Waals surface area contributed by atoms with Crippen molar-refractivity contribution in [2.75, 3.05) is 0 Å². The lowest BCUT2D eigenvalue weighted by atomic mass is 9.55. The van der Waals surface area contributed by atoms with Crippen molar-refractivity contribution in [2.24, 2.45) is 0 Å². The highest BCUT2D eigenvalue weighted by Crippen LogP contribution is 2.22. The average molecular weight is 140 g/mol. The van der Waals surface area contributed by atoms with Crippen molar-refractivity contribution >= 4 is 14.5 Å². The molecule has 0 fully saturated rings. The van der Waals surface area contributed by atoms with Crippen LogP contribution >= 0.6 is 0 Å². The lowest BCUT2D eigenvalue weighted by Gasteiger charge is -2.21. The Labute approximate surface area is 64.8 Å². The molecule has 0 saturated heterocycles. The Bertz CT molecular complexity index is 92.2. The van der Waals surface area contributed by atoms with Crippen LogP contribution in [0.2, 0.25) is 11.6 Å². The van der Waals surface area contributed by atoms with Crippen LogP contribution in [-0.2, 0) is 0 Å². The summed E-state index contributed by atoms with van der Waals surface area (Å²) in [5.41, 5.74) is 0. The first kappa shape index (κ1) is 10.0. The van der Waals surface area contributed by atoms with Gasteiger partial charge in [0.05, 0.1) is 0 Å². The summed E-state index contributed by atoms with van der Waals surface area (Å²) in [6, 6.07) is 0. The van der Waals surface area contributed by atoms with Crippen LogP contribution in [0.1, 0.15) is 27.7 Å². The van der Waals surface area contributed by atoms with E-state index in [1.807, 2.05) is 35.1 Å². The van der Waals surface area contributed by atoms with Gasteiger partial charge in [-0.1, -0.05) is 34.0 Å². The van der Waals surface area contributed by atoms with Crippen molar-refractivity contribution in [3.8, 4) is 0 Å². The van der Waals surface area contributed by atoms with Crippen molar-refractivity contribution in [3.05, 3.63) is 0 Å². The van der Waals surface area contributed by atoms with Crippen LogP contribution in [-0.4, -0.2) is 19.5 Å². The minimum Gasteiger partial charge on any atom is -0.438 e. The second-order valence-electron chi connectivity index (χ2n) is 3.55. The summed E-state index contributed by atoms with van der Waals surface area (Å²) in [4.78, 5) is 0. The Morgan fingerprint density at radius 3 is 2.30 bits per heavy atom. The average Bonchev–Trinajstić information content (AvgIpc) is 1.80. The Balaban J connectivity index is 3.52. The van der Waals surface area contributed by atoms with E-state index in [4.69, 9.17) is 0 Å². The predicted molar refractivity (Wildman–Crippen MR) is 47.1 cm³/mol. The SMILES string of the molecule is CC[B]NB(O)C(C)(C)C. The van der Waals surface area contributed by atoms with Gasteiger partial charge in [-0.3, -0.25) is 0 Å². The first-order valence-electron chi connectivity index (χ1n) is 3.74. The molecule has 0 aliphatic heterocycles. The maximum Gasteiger partial charge on any atom is 0.370 e. The van der Waals surface area contributed by atoms with E-state index in [9.17, 15) is 5.02 Å². The first-order chi connectivity index (χ1) is 4.48. The van der Waals surface area contributed by atoms with Crippen LogP contribution in [0.5, 0.6) is 0 Å². The van der Waals surface area contributed by atoms with Gasteiger partial charge in [-0.2, -0.15) is 0 Å². The molecule has 0 aliphatic rings. The Kier molecular flexibility index (Phi) is 4.06. The smallest absolute Gasteiger partial charge is 0.370 e. The number of nitrogens with one attached hydrogen (secondary N) is 1. The third-order valence-corrected chi connectivity index (χ3v) is 1.30. The first-order valence-corrected chi connectivity index (χ1v) is 3.74. The van der Waals surface area contributed by atoms with E-state index in [0.717, 1.165) is 6.32 Å². The van der Waals surface area contributed by atoms with Crippen molar-refractivity contribution < 1.29 is 5.02 Å². The Hall–Kier alpha value is 0.0499. The topological polar surface area (TPSA) is 32.3 Å². The molecule has 1 radical (unpaired) electrons. The molecule has 4 heteroatoms. The zero-order valence-corrected chi connectivity index (χ0v) is 7.31. The largest absolute Gasteiger partial charge is 0.438 e. The van der Waals surface area contributed by atoms with Crippen molar-refractivity contribution in [1.29, 1.82) is 0 Å². The van der Waals surface area contributed by atoms with Gasteiger partial charge in [0.15, 0.2) is 7.41 Å². The van der Waals surface area contributed by atoms with Crippen LogP contribution in [0, 0.1) is 0 Å². The summed E-state index contributed by atoms with van der Waals surface area (Å²) in [5.74, 6) is 0. The monoisotopic (exact) mass is 140 g/mol. The molecule has 2 nitrogen and oxygen atoms in total. The fourth-order valence-corrected chi connectivity index (χ4v) is 0.479. The van der Waals surface area contributed by atoms with Gasteiger partial charge in [0.2, 0.25) is 0 Å². The molecule has 0 saturated carbocycles. The van der Waals surface area contributed by atoms with Gasteiger partial charge in [-0.25, -0.2) is 0 Å². The van der Waals surface area contributed by atoms with Gasteiger partial charge < -0.3 is 10.2 Å². The summed E-state index contributed by atoms with van der Waals surface area (Å²) >= 11 is 0. The third-order valence-electron chi connectivity index (χ3n) is 1.30. The summed E-state index contributed by atoms with van der Waals surface area (Å²) in [6.45, 7) is 8.01. The van der Waals surface area contributed by atoms with Crippen molar-refractivity contribution in [1.82, 2.24) is 5.14 Å². The minimum atomic E-state index is -0.438. The molecule has 57 valence electrons. The maximum absolute atomic E-state index is 9.37. The van der Waals surface area contributed by atoms with Crippen molar-refractivity contribution in [2.45, 2.75) is 39.3 Å². The number of hydrogen-bond donors (Lipinski definition) is 2. The van der Waals surface area contributed by atoms with E-state index in [1.165, 1.54) is 0 Å². The van der Waals surface area contributed by atoms with Gasteiger partial charge in [-0.05, 0) is 5.31 Å². The maximum atomic E-state index is 9.37. The van der Waals surface area contributed by atoms with Crippen LogP contribution in [0.4, 0.5) is 0 Å². The van der Waals surface area contributed by atoms with E-state index in [-0.39, 0.29) is 5.31 Å². The fourth-order valence-electron chi connectivity index (χ4n) is 0.479. The summed E-state index contributed by atoms with van der Waals surface area (Å²) in [5, 5.41) is 12.2. The molecule has 10 heavy (non-hydrogen) atoms. The molecule has 0 unspecified atom stereocenters. The molecule has 0 heterocycles. The van der Waals surface area contributed by atoms with Gasteiger partial charge in [0.25, 0.3) is 0 Å². The van der Waals surface area contributed by atoms with Gasteiger partial charge in [0.1, 0.15) is 0 Å². The van der Waals surface area contributed by atoms with Crippen molar-refractivity contribution in [3.63, 3.8) is 0 Å². The molecule has 0 rings (SSSR count). The molecule has 0 spiro atoms. The standard InChI is InChI=1S/C6H16B2NO/c1-5-7-9-8(10)6(2,3)4/h9-10H,5H2,1-4H3. The van der Waals surface area contributed by atoms with E-state index in [1.54, 1.807) is 0 Å². The molecule has 2 N–H and O–H groups in total. The predicted octanol–water partition coefficient (Wildman–Crippen LogP) is 0.914. The van der Waals surface area contributed by atoms with Crippen LogP contribution in [0.15, 0.2) is 0 Å².